The van der Waals surface area contributed by atoms with Crippen molar-refractivity contribution in [2.75, 3.05) is 19.0 Å². The summed E-state index contributed by atoms with van der Waals surface area (Å²) in [5.74, 6) is -0.712. The molecule has 0 atom stereocenters. The van der Waals surface area contributed by atoms with Crippen LogP contribution in [0.2, 0.25) is 0 Å². The Morgan fingerprint density at radius 2 is 2.15 bits per heavy atom. The van der Waals surface area contributed by atoms with Crippen molar-refractivity contribution in [1.82, 2.24) is 4.98 Å². The first-order valence-corrected chi connectivity index (χ1v) is 9.40. The van der Waals surface area contributed by atoms with Crippen LogP contribution in [0.5, 0.6) is 0 Å². The number of hydrogen-bond donors (Lipinski definition) is 1. The Labute approximate surface area is 155 Å². The largest absolute Gasteiger partial charge is 0.465 e. The number of nitro groups is 1. The first-order chi connectivity index (χ1) is 12.5. The SMILES string of the molecule is COC(=O)c1cc(NCCc2nc3c(s2)CCCC3)cc(C)c1[N+](=O)[O-]. The number of ether oxygens (including phenoxy) is 1. The maximum Gasteiger partial charge on any atom is 0.344 e. The number of esters is 1. The Hall–Kier alpha value is -2.48. The molecule has 1 aliphatic rings. The Kier molecular flexibility index (Phi) is 5.51. The number of aromatic nitrogens is 1. The lowest BCUT2D eigenvalue weighted by molar-refractivity contribution is -0.385. The highest BCUT2D eigenvalue weighted by atomic mass is 32.1. The van der Waals surface area contributed by atoms with Gasteiger partial charge in [-0.25, -0.2) is 9.78 Å². The van der Waals surface area contributed by atoms with Gasteiger partial charge in [0.2, 0.25) is 0 Å². The number of hydrogen-bond acceptors (Lipinski definition) is 7. The summed E-state index contributed by atoms with van der Waals surface area (Å²) in [6, 6.07) is 3.15. The van der Waals surface area contributed by atoms with E-state index in [9.17, 15) is 14.9 Å². The van der Waals surface area contributed by atoms with Crippen LogP contribution >= 0.6 is 11.3 Å². The van der Waals surface area contributed by atoms with E-state index in [4.69, 9.17) is 4.98 Å². The van der Waals surface area contributed by atoms with Crippen molar-refractivity contribution in [3.8, 4) is 0 Å². The Morgan fingerprint density at radius 3 is 2.85 bits per heavy atom. The standard InChI is InChI=1S/C18H21N3O4S/c1-11-9-12(10-13(18(22)25-2)17(11)21(23)24)19-8-7-16-20-14-5-3-4-6-15(14)26-16/h9-10,19H,3-8H2,1-2H3. The van der Waals surface area contributed by atoms with Crippen molar-refractivity contribution in [1.29, 1.82) is 0 Å². The van der Waals surface area contributed by atoms with Gasteiger partial charge in [0.05, 0.1) is 22.7 Å². The molecule has 0 radical (unpaired) electrons. The highest BCUT2D eigenvalue weighted by Crippen LogP contribution is 2.29. The number of nitro benzene ring substituents is 1. The lowest BCUT2D eigenvalue weighted by Gasteiger charge is -2.10. The third-order valence-corrected chi connectivity index (χ3v) is 5.66. The number of carbonyl (C=O) groups is 1. The fourth-order valence-corrected chi connectivity index (χ4v) is 4.37. The average Bonchev–Trinajstić information content (AvgIpc) is 3.02. The number of benzene rings is 1. The summed E-state index contributed by atoms with van der Waals surface area (Å²) in [7, 11) is 1.21. The van der Waals surface area contributed by atoms with Crippen molar-refractivity contribution in [3.05, 3.63) is 49.0 Å². The van der Waals surface area contributed by atoms with Gasteiger partial charge in [-0.2, -0.15) is 0 Å². The molecule has 3 rings (SSSR count). The molecule has 138 valence electrons. The third kappa shape index (κ3) is 3.85. The van der Waals surface area contributed by atoms with Gasteiger partial charge in [0.25, 0.3) is 5.69 Å². The van der Waals surface area contributed by atoms with Gasteiger partial charge < -0.3 is 10.1 Å². The topological polar surface area (TPSA) is 94.4 Å². The second-order valence-electron chi connectivity index (χ2n) is 6.30. The maximum atomic E-state index is 11.9. The Bertz CT molecular complexity index is 824. The van der Waals surface area contributed by atoms with Crippen LogP contribution in [-0.2, 0) is 24.0 Å². The number of thiazole rings is 1. The van der Waals surface area contributed by atoms with E-state index in [1.807, 2.05) is 0 Å². The molecule has 1 aromatic carbocycles. The van der Waals surface area contributed by atoms with Gasteiger partial charge in [0.15, 0.2) is 0 Å². The summed E-state index contributed by atoms with van der Waals surface area (Å²) in [5.41, 5.74) is 2.08. The summed E-state index contributed by atoms with van der Waals surface area (Å²) < 4.78 is 4.68. The second kappa shape index (κ2) is 7.82. The number of carbonyl (C=O) groups excluding carboxylic acids is 1. The molecule has 2 aromatic rings. The molecular weight excluding hydrogens is 354 g/mol. The molecule has 1 heterocycles. The zero-order valence-corrected chi connectivity index (χ0v) is 15.6. The van der Waals surface area contributed by atoms with Crippen LogP contribution in [-0.4, -0.2) is 29.5 Å². The van der Waals surface area contributed by atoms with Gasteiger partial charge in [-0.15, -0.1) is 11.3 Å². The zero-order chi connectivity index (χ0) is 18.7. The quantitative estimate of drug-likeness (QED) is 0.470. The molecule has 1 aromatic heterocycles. The number of nitrogens with zero attached hydrogens (tertiary/aromatic N) is 2. The second-order valence-corrected chi connectivity index (χ2v) is 7.47. The predicted molar refractivity (Wildman–Crippen MR) is 100 cm³/mol. The van der Waals surface area contributed by atoms with Crippen LogP contribution < -0.4 is 5.32 Å². The number of methoxy groups -OCH3 is 1. The molecule has 0 bridgehead atoms. The third-order valence-electron chi connectivity index (χ3n) is 4.45. The number of aryl methyl sites for hydroxylation is 3. The van der Waals surface area contributed by atoms with Crippen molar-refractivity contribution < 1.29 is 14.5 Å². The summed E-state index contributed by atoms with van der Waals surface area (Å²) in [6.07, 6.45) is 5.44. The molecule has 0 amide bonds. The van der Waals surface area contributed by atoms with Crippen LogP contribution in [0.15, 0.2) is 12.1 Å². The Balaban J connectivity index is 1.71. The fraction of sp³-hybridized carbons (Fsp3) is 0.444. The normalized spacial score (nSPS) is 13.2. The molecule has 1 N–H and O–H groups in total. The highest BCUT2D eigenvalue weighted by Gasteiger charge is 2.24. The molecular formula is C18H21N3O4S. The molecule has 0 aliphatic heterocycles. The van der Waals surface area contributed by atoms with Crippen molar-refractivity contribution in [3.63, 3.8) is 0 Å². The maximum absolute atomic E-state index is 11.9. The van der Waals surface area contributed by atoms with E-state index in [2.05, 4.69) is 10.1 Å². The molecule has 0 saturated heterocycles. The van der Waals surface area contributed by atoms with Crippen molar-refractivity contribution in [2.45, 2.75) is 39.0 Å². The fourth-order valence-electron chi connectivity index (χ4n) is 3.22. The van der Waals surface area contributed by atoms with Gasteiger partial charge >= 0.3 is 5.97 Å². The van der Waals surface area contributed by atoms with Crippen LogP contribution in [0.1, 0.15) is 44.3 Å². The molecule has 0 spiro atoms. The van der Waals surface area contributed by atoms with Crippen LogP contribution in [0.4, 0.5) is 11.4 Å². The summed E-state index contributed by atoms with van der Waals surface area (Å²) in [5, 5.41) is 15.6. The molecule has 7 nitrogen and oxygen atoms in total. The minimum atomic E-state index is -0.712. The van der Waals surface area contributed by atoms with Crippen LogP contribution in [0.3, 0.4) is 0 Å². The predicted octanol–water partition coefficient (Wildman–Crippen LogP) is 3.68. The van der Waals surface area contributed by atoms with E-state index in [1.165, 1.54) is 36.6 Å². The lowest BCUT2D eigenvalue weighted by Crippen LogP contribution is -2.10. The first-order valence-electron chi connectivity index (χ1n) is 8.58. The number of rotatable bonds is 6. The zero-order valence-electron chi connectivity index (χ0n) is 14.8. The van der Waals surface area contributed by atoms with E-state index in [1.54, 1.807) is 24.3 Å². The van der Waals surface area contributed by atoms with E-state index >= 15 is 0 Å². The first kappa shape index (κ1) is 18.3. The monoisotopic (exact) mass is 375 g/mol. The van der Waals surface area contributed by atoms with Crippen molar-refractivity contribution in [2.24, 2.45) is 0 Å². The Morgan fingerprint density at radius 1 is 1.38 bits per heavy atom. The lowest BCUT2D eigenvalue weighted by atomic mass is 10.0. The van der Waals surface area contributed by atoms with Crippen molar-refractivity contribution >= 4 is 28.7 Å². The van der Waals surface area contributed by atoms with Gasteiger partial charge in [0, 0.05) is 29.1 Å². The van der Waals surface area contributed by atoms with Crippen LogP contribution in [0.25, 0.3) is 0 Å². The van der Waals surface area contributed by atoms with Crippen LogP contribution in [0, 0.1) is 17.0 Å². The number of nitrogens with one attached hydrogen (secondary N) is 1. The minimum Gasteiger partial charge on any atom is -0.465 e. The molecule has 0 saturated carbocycles. The minimum absolute atomic E-state index is 0.0373. The van der Waals surface area contributed by atoms with E-state index in [-0.39, 0.29) is 11.3 Å². The molecule has 8 heteroatoms. The van der Waals surface area contributed by atoms with Gasteiger partial charge in [-0.3, -0.25) is 10.1 Å². The highest BCUT2D eigenvalue weighted by molar-refractivity contribution is 7.11. The summed E-state index contributed by atoms with van der Waals surface area (Å²) >= 11 is 1.78. The van der Waals surface area contributed by atoms with E-state index < -0.39 is 10.9 Å². The van der Waals surface area contributed by atoms with Gasteiger partial charge in [-0.05, 0) is 44.7 Å². The number of anilines is 1. The number of fused-ring (bicyclic) bond motifs is 1. The average molecular weight is 375 g/mol. The molecule has 26 heavy (non-hydrogen) atoms. The smallest absolute Gasteiger partial charge is 0.344 e. The molecule has 0 unspecified atom stereocenters. The van der Waals surface area contributed by atoms with E-state index in [0.717, 1.165) is 24.3 Å². The van der Waals surface area contributed by atoms with E-state index in [0.29, 0.717) is 17.8 Å². The molecule has 1 aliphatic carbocycles. The van der Waals surface area contributed by atoms with Gasteiger partial charge in [-0.1, -0.05) is 0 Å². The summed E-state index contributed by atoms with van der Waals surface area (Å²) in [6.45, 7) is 2.26. The molecule has 0 fully saturated rings. The summed E-state index contributed by atoms with van der Waals surface area (Å²) in [4.78, 5) is 28.7. The van der Waals surface area contributed by atoms with Gasteiger partial charge in [0.1, 0.15) is 5.56 Å².